The minimum Gasteiger partial charge on any atom is -0.391 e. The highest BCUT2D eigenvalue weighted by Crippen LogP contribution is 2.43. The summed E-state index contributed by atoms with van der Waals surface area (Å²) in [4.78, 5) is 23.3. The smallest absolute Gasteiger partial charge is 0.391 e. The fraction of sp³-hybridized carbons (Fsp3) is 0.682. The number of nitrogens with one attached hydrogen (secondary N) is 1. The van der Waals surface area contributed by atoms with Gasteiger partial charge in [-0.15, -0.1) is 0 Å². The Hall–Kier alpha value is -3.10. The van der Waals surface area contributed by atoms with Gasteiger partial charge in [0.2, 0.25) is 5.91 Å². The summed E-state index contributed by atoms with van der Waals surface area (Å²) in [6.07, 6.45) is 82.6. The van der Waals surface area contributed by atoms with Crippen molar-refractivity contribution in [3.63, 3.8) is 0 Å². The molecule has 0 aliphatic carbocycles. The van der Waals surface area contributed by atoms with Gasteiger partial charge in [0.25, 0.3) is 0 Å². The molecule has 0 spiro atoms. The van der Waals surface area contributed by atoms with Gasteiger partial charge in [0.15, 0.2) is 0 Å². The Labute approximate surface area is 463 Å². The molecule has 3 atom stereocenters. The minimum atomic E-state index is -4.33. The molecule has 0 aromatic rings. The molecule has 0 aromatic heterocycles. The topological polar surface area (TPSA) is 105 Å². The summed E-state index contributed by atoms with van der Waals surface area (Å²) < 4.78 is 23.7. The first kappa shape index (κ1) is 71.9. The molecule has 0 bridgehead atoms. The zero-order chi connectivity index (χ0) is 54.9. The number of carbonyl (C=O) groups excluding carboxylic acids is 1. The maximum Gasteiger partial charge on any atom is 0.472 e. The summed E-state index contributed by atoms with van der Waals surface area (Å²) in [5.41, 5.74) is 0. The molecule has 8 nitrogen and oxygen atoms in total. The number of hydrogen-bond donors (Lipinski definition) is 3. The summed E-state index contributed by atoms with van der Waals surface area (Å²) in [7, 11) is 1.60. The third-order valence-corrected chi connectivity index (χ3v) is 14.0. The molecule has 9 heteroatoms. The molecule has 1 amide bonds. The molecule has 0 radical (unpaired) electrons. The Morgan fingerprint density at radius 2 is 0.800 bits per heavy atom. The quantitative estimate of drug-likeness (QED) is 0.0243. The van der Waals surface area contributed by atoms with Gasteiger partial charge >= 0.3 is 7.82 Å². The summed E-state index contributed by atoms with van der Waals surface area (Å²) >= 11 is 0. The van der Waals surface area contributed by atoms with Gasteiger partial charge in [-0.1, -0.05) is 264 Å². The van der Waals surface area contributed by atoms with Crippen LogP contribution in [0.15, 0.2) is 122 Å². The molecule has 3 N–H and O–H groups in total. The number of nitrogens with zero attached hydrogens (tertiary/aromatic N) is 1. The number of phosphoric acid groups is 1. The predicted molar refractivity (Wildman–Crippen MR) is 327 cm³/mol. The molecule has 0 heterocycles. The van der Waals surface area contributed by atoms with Crippen molar-refractivity contribution in [2.75, 3.05) is 40.9 Å². The monoisotopic (exact) mass is 1060 g/mol. The van der Waals surface area contributed by atoms with Crippen molar-refractivity contribution in [1.29, 1.82) is 0 Å². The average Bonchev–Trinajstić information content (AvgIpc) is 3.37. The predicted octanol–water partition coefficient (Wildman–Crippen LogP) is 18.9. The number of aliphatic hydroxyl groups is 1. The summed E-state index contributed by atoms with van der Waals surface area (Å²) in [5.74, 6) is -0.157. The molecule has 0 saturated heterocycles. The summed E-state index contributed by atoms with van der Waals surface area (Å²) in [5, 5.41) is 14.0. The first-order chi connectivity index (χ1) is 36.5. The van der Waals surface area contributed by atoms with E-state index in [1.165, 1.54) is 103 Å². The number of allylic oxidation sites excluding steroid dienone is 20. The van der Waals surface area contributed by atoms with E-state index in [4.69, 9.17) is 9.05 Å². The Morgan fingerprint density at radius 3 is 1.17 bits per heavy atom. The normalized spacial score (nSPS) is 14.7. The second kappa shape index (κ2) is 55.6. The molecule has 0 fully saturated rings. The van der Waals surface area contributed by atoms with Crippen molar-refractivity contribution in [3.8, 4) is 0 Å². The number of hydrogen-bond acceptors (Lipinski definition) is 5. The van der Waals surface area contributed by atoms with Crippen LogP contribution in [0.1, 0.15) is 239 Å². The van der Waals surface area contributed by atoms with E-state index < -0.39 is 20.0 Å². The number of rotatable bonds is 54. The maximum absolute atomic E-state index is 13.0. The van der Waals surface area contributed by atoms with E-state index >= 15 is 0 Å². The number of phosphoric ester groups is 1. The second-order valence-electron chi connectivity index (χ2n) is 21.3. The lowest BCUT2D eigenvalue weighted by molar-refractivity contribution is -0.870. The van der Waals surface area contributed by atoms with Gasteiger partial charge in [-0.05, 0) is 89.9 Å². The van der Waals surface area contributed by atoms with Gasteiger partial charge < -0.3 is 19.8 Å². The summed E-state index contributed by atoms with van der Waals surface area (Å²) in [6, 6.07) is -0.773. The standard InChI is InChI=1S/C66H115N2O6P/c1-6-8-10-12-14-16-18-20-22-23-24-25-26-27-28-29-30-31-32-33-34-35-36-37-38-39-40-41-42-43-44-45-46-48-50-52-54-56-58-60-66(70)67-64(63-74-75(71,72)73-62-61-68(3,4)5)65(69)59-57-55-53-51-49-47-21-19-17-15-13-11-9-7-2/h8,10,14,16,20,22,24-25,27-28,30-31,33-34,36-37,39-40,42-43,64-65,69H,6-7,9,11-13,15,17-19,21,23,26,29,32,35,38,41,44-63H2,1-5H3,(H-,67,70,71,72)/p+1/b10-8-,16-14-,22-20-,25-24-,28-27-,31-30-,34-33-,37-36-,40-39-,43-42-. The molecule has 3 unspecified atom stereocenters. The fourth-order valence-corrected chi connectivity index (χ4v) is 8.99. The number of amides is 1. The van der Waals surface area contributed by atoms with Crippen molar-refractivity contribution >= 4 is 13.7 Å². The lowest BCUT2D eigenvalue weighted by Crippen LogP contribution is -2.46. The SMILES string of the molecule is CC/C=C\C/C=C\C/C=C\C/C=C\C/C=C\C/C=C\C/C=C\C/C=C\C/C=C\C/C=C\CCCCCCCCCCC(=O)NC(COP(=O)(O)OCC[N+](C)(C)C)C(O)CCCCCCCCCCCCCCCC. The average molecular weight is 1060 g/mol. The van der Waals surface area contributed by atoms with Gasteiger partial charge in [-0.3, -0.25) is 13.8 Å². The second-order valence-corrected chi connectivity index (χ2v) is 22.8. The molecular formula is C66H116N2O6P+. The Morgan fingerprint density at radius 1 is 0.467 bits per heavy atom. The fourth-order valence-electron chi connectivity index (χ4n) is 8.25. The molecule has 430 valence electrons. The van der Waals surface area contributed by atoms with Crippen molar-refractivity contribution in [1.82, 2.24) is 5.32 Å². The number of likely N-dealkylation sites (N-methyl/N-ethyl adjacent to an activating group) is 1. The van der Waals surface area contributed by atoms with Gasteiger partial charge in [0.05, 0.1) is 39.9 Å². The van der Waals surface area contributed by atoms with Crippen molar-refractivity contribution in [3.05, 3.63) is 122 Å². The van der Waals surface area contributed by atoms with Crippen LogP contribution in [0.3, 0.4) is 0 Å². The molecular weight excluding hydrogens is 948 g/mol. The van der Waals surface area contributed by atoms with E-state index in [1.54, 1.807) is 0 Å². The molecule has 0 aromatic carbocycles. The number of carbonyl (C=O) groups is 1. The van der Waals surface area contributed by atoms with E-state index in [-0.39, 0.29) is 19.1 Å². The molecule has 0 saturated carbocycles. The highest BCUT2D eigenvalue weighted by atomic mass is 31.2. The Balaban J connectivity index is 4.11. The van der Waals surface area contributed by atoms with Crippen LogP contribution in [0.4, 0.5) is 0 Å². The van der Waals surface area contributed by atoms with Crippen molar-refractivity contribution in [2.24, 2.45) is 0 Å². The minimum absolute atomic E-state index is 0.0675. The van der Waals surface area contributed by atoms with Gasteiger partial charge in [0.1, 0.15) is 13.2 Å². The largest absolute Gasteiger partial charge is 0.472 e. The van der Waals surface area contributed by atoms with Crippen LogP contribution in [-0.4, -0.2) is 73.4 Å². The zero-order valence-corrected chi connectivity index (χ0v) is 49.9. The summed E-state index contributed by atoms with van der Waals surface area (Å²) in [6.45, 7) is 4.76. The molecule has 75 heavy (non-hydrogen) atoms. The van der Waals surface area contributed by atoms with Crippen LogP contribution in [0.2, 0.25) is 0 Å². The zero-order valence-electron chi connectivity index (χ0n) is 49.0. The van der Waals surface area contributed by atoms with Crippen LogP contribution in [0, 0.1) is 0 Å². The van der Waals surface area contributed by atoms with Gasteiger partial charge in [-0.25, -0.2) is 4.57 Å². The van der Waals surface area contributed by atoms with Crippen LogP contribution >= 0.6 is 7.82 Å². The van der Waals surface area contributed by atoms with Crippen LogP contribution in [-0.2, 0) is 18.4 Å². The molecule has 0 aliphatic rings. The highest BCUT2D eigenvalue weighted by molar-refractivity contribution is 7.47. The van der Waals surface area contributed by atoms with Crippen molar-refractivity contribution in [2.45, 2.75) is 251 Å². The Bertz CT molecular complexity index is 1630. The lowest BCUT2D eigenvalue weighted by atomic mass is 10.0. The van der Waals surface area contributed by atoms with E-state index in [0.717, 1.165) is 109 Å². The van der Waals surface area contributed by atoms with E-state index in [2.05, 4.69) is 141 Å². The highest BCUT2D eigenvalue weighted by Gasteiger charge is 2.28. The molecule has 0 rings (SSSR count). The van der Waals surface area contributed by atoms with Gasteiger partial charge in [0, 0.05) is 6.42 Å². The third-order valence-electron chi connectivity index (χ3n) is 13.0. The van der Waals surface area contributed by atoms with Crippen LogP contribution in [0.25, 0.3) is 0 Å². The van der Waals surface area contributed by atoms with Gasteiger partial charge in [-0.2, -0.15) is 0 Å². The van der Waals surface area contributed by atoms with Crippen molar-refractivity contribution < 1.29 is 32.9 Å². The number of quaternary nitrogens is 1. The molecule has 0 aliphatic heterocycles. The number of unbranched alkanes of at least 4 members (excludes halogenated alkanes) is 21. The first-order valence-corrected chi connectivity index (χ1v) is 31.9. The van der Waals surface area contributed by atoms with Crippen LogP contribution < -0.4 is 5.32 Å². The van der Waals surface area contributed by atoms with E-state index in [9.17, 15) is 19.4 Å². The van der Waals surface area contributed by atoms with E-state index in [0.29, 0.717) is 23.9 Å². The third kappa shape index (κ3) is 58.4. The van der Waals surface area contributed by atoms with E-state index in [1.807, 2.05) is 21.1 Å². The first-order valence-electron chi connectivity index (χ1n) is 30.4. The number of aliphatic hydroxyl groups excluding tert-OH is 1. The maximum atomic E-state index is 13.0. The van der Waals surface area contributed by atoms with Crippen LogP contribution in [0.5, 0.6) is 0 Å². The Kier molecular flexibility index (Phi) is 53.3. The lowest BCUT2D eigenvalue weighted by Gasteiger charge is -2.26.